The standard InChI is InChI=1S/C23H28ClN3O3/c1-4-30-23(29)21-11-7-8-14-26(21)22(28)13-12-19-16(2)25-27(17(19)3)15-18-9-5-6-10-20(18)24/h5-6,9-10,12-13,21H,4,7-8,11,14-15H2,1-3H3/b13-12-/t21-/m0/s1. The van der Waals surface area contributed by atoms with E-state index in [-0.39, 0.29) is 11.9 Å². The Kier molecular flexibility index (Phi) is 7.32. The molecule has 0 saturated carbocycles. The van der Waals surface area contributed by atoms with Crippen LogP contribution in [-0.4, -0.2) is 45.8 Å². The van der Waals surface area contributed by atoms with E-state index < -0.39 is 6.04 Å². The minimum atomic E-state index is -0.499. The molecule has 1 aromatic carbocycles. The lowest BCUT2D eigenvalue weighted by Crippen LogP contribution is -2.48. The Morgan fingerprint density at radius 1 is 1.27 bits per heavy atom. The first kappa shape index (κ1) is 22.1. The second kappa shape index (κ2) is 9.94. The first-order valence-corrected chi connectivity index (χ1v) is 10.7. The van der Waals surface area contributed by atoms with E-state index in [9.17, 15) is 9.59 Å². The minimum absolute atomic E-state index is 0.176. The number of ether oxygens (including phenoxy) is 1. The first-order chi connectivity index (χ1) is 14.4. The molecule has 1 aliphatic rings. The molecule has 160 valence electrons. The summed E-state index contributed by atoms with van der Waals surface area (Å²) in [5, 5.41) is 5.31. The Labute approximate surface area is 182 Å². The van der Waals surface area contributed by atoms with Gasteiger partial charge in [-0.2, -0.15) is 5.10 Å². The van der Waals surface area contributed by atoms with Crippen molar-refractivity contribution in [3.05, 3.63) is 57.9 Å². The van der Waals surface area contributed by atoms with Crippen LogP contribution in [0.2, 0.25) is 5.02 Å². The molecule has 0 N–H and O–H groups in total. The van der Waals surface area contributed by atoms with Crippen LogP contribution in [0.15, 0.2) is 30.3 Å². The molecule has 6 nitrogen and oxygen atoms in total. The normalized spacial score (nSPS) is 16.8. The van der Waals surface area contributed by atoms with Crippen LogP contribution in [0.4, 0.5) is 0 Å². The van der Waals surface area contributed by atoms with Crippen molar-refractivity contribution in [2.75, 3.05) is 13.2 Å². The number of carbonyl (C=O) groups is 2. The maximum absolute atomic E-state index is 12.8. The van der Waals surface area contributed by atoms with Gasteiger partial charge in [0.2, 0.25) is 5.91 Å². The molecule has 1 aliphatic heterocycles. The molecule has 7 heteroatoms. The molecule has 30 heavy (non-hydrogen) atoms. The van der Waals surface area contributed by atoms with E-state index in [0.29, 0.717) is 31.1 Å². The third-order valence-corrected chi connectivity index (χ3v) is 5.82. The van der Waals surface area contributed by atoms with Gasteiger partial charge in [-0.05, 0) is 57.7 Å². The molecule has 1 amide bonds. The summed E-state index contributed by atoms with van der Waals surface area (Å²) >= 11 is 6.28. The lowest BCUT2D eigenvalue weighted by molar-refractivity contribution is -0.155. The van der Waals surface area contributed by atoms with Gasteiger partial charge in [0.1, 0.15) is 6.04 Å². The van der Waals surface area contributed by atoms with E-state index in [1.807, 2.05) is 42.8 Å². The van der Waals surface area contributed by atoms with Gasteiger partial charge in [0.15, 0.2) is 0 Å². The van der Waals surface area contributed by atoms with Crippen LogP contribution in [-0.2, 0) is 20.9 Å². The van der Waals surface area contributed by atoms with Crippen molar-refractivity contribution in [2.45, 2.75) is 52.6 Å². The van der Waals surface area contributed by atoms with E-state index in [1.165, 1.54) is 6.08 Å². The van der Waals surface area contributed by atoms with Gasteiger partial charge < -0.3 is 9.64 Å². The average molecular weight is 430 g/mol. The van der Waals surface area contributed by atoms with E-state index >= 15 is 0 Å². The molecule has 0 spiro atoms. The third kappa shape index (κ3) is 4.93. The zero-order chi connectivity index (χ0) is 21.7. The number of carbonyl (C=O) groups excluding carboxylic acids is 2. The molecule has 0 unspecified atom stereocenters. The summed E-state index contributed by atoms with van der Waals surface area (Å²) in [4.78, 5) is 26.7. The highest BCUT2D eigenvalue weighted by Gasteiger charge is 2.32. The zero-order valence-corrected chi connectivity index (χ0v) is 18.5. The SMILES string of the molecule is CCOC(=O)[C@@H]1CCCCN1C(=O)/C=C\c1c(C)nn(Cc2ccccc2Cl)c1C. The molecule has 0 radical (unpaired) electrons. The van der Waals surface area contributed by atoms with Crippen LogP contribution >= 0.6 is 11.6 Å². The van der Waals surface area contributed by atoms with Crippen LogP contribution in [0, 0.1) is 13.8 Å². The predicted molar refractivity (Wildman–Crippen MR) is 117 cm³/mol. The number of piperidine rings is 1. The summed E-state index contributed by atoms with van der Waals surface area (Å²) in [7, 11) is 0. The van der Waals surface area contributed by atoms with Gasteiger partial charge in [0.25, 0.3) is 0 Å². The lowest BCUT2D eigenvalue weighted by atomic mass is 10.0. The van der Waals surface area contributed by atoms with Crippen molar-refractivity contribution in [1.29, 1.82) is 0 Å². The molecule has 3 rings (SSSR count). The topological polar surface area (TPSA) is 64.4 Å². The molecular weight excluding hydrogens is 402 g/mol. The highest BCUT2D eigenvalue weighted by Crippen LogP contribution is 2.22. The fraction of sp³-hybridized carbons (Fsp3) is 0.435. The highest BCUT2D eigenvalue weighted by atomic mass is 35.5. The Hall–Kier alpha value is -2.60. The van der Waals surface area contributed by atoms with Gasteiger partial charge >= 0.3 is 5.97 Å². The predicted octanol–water partition coefficient (Wildman–Crippen LogP) is 4.16. The van der Waals surface area contributed by atoms with Gasteiger partial charge in [-0.25, -0.2) is 4.79 Å². The number of rotatable bonds is 6. The summed E-state index contributed by atoms with van der Waals surface area (Å²) in [5.74, 6) is -0.496. The van der Waals surface area contributed by atoms with Gasteiger partial charge in [0.05, 0.1) is 18.8 Å². The van der Waals surface area contributed by atoms with E-state index in [1.54, 1.807) is 17.9 Å². The van der Waals surface area contributed by atoms with Gasteiger partial charge in [0, 0.05) is 28.9 Å². The van der Waals surface area contributed by atoms with Crippen LogP contribution < -0.4 is 0 Å². The Bertz CT molecular complexity index is 951. The molecule has 2 aromatic rings. The molecule has 1 fully saturated rings. The number of halogens is 1. The number of hydrogen-bond donors (Lipinski definition) is 0. The van der Waals surface area contributed by atoms with E-state index in [0.717, 1.165) is 35.4 Å². The largest absolute Gasteiger partial charge is 0.464 e. The molecule has 2 heterocycles. The number of amides is 1. The van der Waals surface area contributed by atoms with Gasteiger partial charge in [-0.15, -0.1) is 0 Å². The number of aryl methyl sites for hydroxylation is 1. The minimum Gasteiger partial charge on any atom is -0.464 e. The second-order valence-electron chi connectivity index (χ2n) is 7.46. The van der Waals surface area contributed by atoms with Crippen molar-refractivity contribution < 1.29 is 14.3 Å². The number of likely N-dealkylation sites (tertiary alicyclic amines) is 1. The summed E-state index contributed by atoms with van der Waals surface area (Å²) in [6, 6.07) is 7.19. The fourth-order valence-corrected chi connectivity index (χ4v) is 4.02. The van der Waals surface area contributed by atoms with Crippen LogP contribution in [0.1, 0.15) is 48.7 Å². The van der Waals surface area contributed by atoms with Crippen molar-refractivity contribution >= 4 is 29.6 Å². The molecule has 0 bridgehead atoms. The maximum atomic E-state index is 12.8. The summed E-state index contributed by atoms with van der Waals surface area (Å²) in [6.07, 6.45) is 5.79. The van der Waals surface area contributed by atoms with Crippen LogP contribution in [0.5, 0.6) is 0 Å². The molecule has 1 saturated heterocycles. The molecule has 0 aliphatic carbocycles. The highest BCUT2D eigenvalue weighted by molar-refractivity contribution is 6.31. The number of aromatic nitrogens is 2. The monoisotopic (exact) mass is 429 g/mol. The molecular formula is C23H28ClN3O3. The van der Waals surface area contributed by atoms with Crippen molar-refractivity contribution in [2.24, 2.45) is 0 Å². The lowest BCUT2D eigenvalue weighted by Gasteiger charge is -2.33. The number of hydrogen-bond acceptors (Lipinski definition) is 4. The third-order valence-electron chi connectivity index (χ3n) is 5.45. The van der Waals surface area contributed by atoms with E-state index in [4.69, 9.17) is 16.3 Å². The van der Waals surface area contributed by atoms with Gasteiger partial charge in [-0.1, -0.05) is 29.8 Å². The number of nitrogens with zero attached hydrogens (tertiary/aromatic N) is 3. The van der Waals surface area contributed by atoms with Gasteiger partial charge in [-0.3, -0.25) is 9.48 Å². The first-order valence-electron chi connectivity index (χ1n) is 10.3. The molecule has 1 aromatic heterocycles. The van der Waals surface area contributed by atoms with E-state index in [2.05, 4.69) is 5.10 Å². The maximum Gasteiger partial charge on any atom is 0.328 e. The Balaban J connectivity index is 1.77. The summed E-state index contributed by atoms with van der Waals surface area (Å²) in [5.41, 5.74) is 3.68. The van der Waals surface area contributed by atoms with Crippen LogP contribution in [0.25, 0.3) is 6.08 Å². The smallest absolute Gasteiger partial charge is 0.328 e. The quantitative estimate of drug-likeness (QED) is 0.511. The Morgan fingerprint density at radius 3 is 2.77 bits per heavy atom. The number of benzene rings is 1. The zero-order valence-electron chi connectivity index (χ0n) is 17.7. The van der Waals surface area contributed by atoms with Crippen LogP contribution in [0.3, 0.4) is 0 Å². The van der Waals surface area contributed by atoms with Crippen molar-refractivity contribution in [3.63, 3.8) is 0 Å². The van der Waals surface area contributed by atoms with Crippen molar-refractivity contribution in [1.82, 2.24) is 14.7 Å². The summed E-state index contributed by atoms with van der Waals surface area (Å²) in [6.45, 7) is 7.11. The summed E-state index contributed by atoms with van der Waals surface area (Å²) < 4.78 is 7.04. The van der Waals surface area contributed by atoms with Crippen molar-refractivity contribution in [3.8, 4) is 0 Å². The molecule has 1 atom stereocenters. The Morgan fingerprint density at radius 2 is 2.03 bits per heavy atom. The fourth-order valence-electron chi connectivity index (χ4n) is 3.82. The number of esters is 1. The average Bonchev–Trinajstić information content (AvgIpc) is 3.00. The second-order valence-corrected chi connectivity index (χ2v) is 7.87.